The summed E-state index contributed by atoms with van der Waals surface area (Å²) in [5, 5.41) is 0.866. The Morgan fingerprint density at radius 3 is 2.58 bits per heavy atom. The number of nitrogens with zero attached hydrogens (tertiary/aromatic N) is 1. The molecular weight excluding hydrogens is 342 g/mol. The van der Waals surface area contributed by atoms with Crippen molar-refractivity contribution in [2.24, 2.45) is 5.92 Å². The molecule has 2 aromatic rings. The van der Waals surface area contributed by atoms with Crippen LogP contribution < -0.4 is 0 Å². The zero-order chi connectivity index (χ0) is 17.9. The Labute approximate surface area is 161 Å². The molecule has 1 saturated heterocycles. The normalized spacial score (nSPS) is 23.4. The standard InChI is InChI=1S/C23H26ClNO/c24-22-16-19(18-7-2-1-3-8-18)11-12-20(22)14-17-6-4-9-21(15-17)25-13-5-10-23(25)26/h1-3,7-8,11-12,16-17,21H,4-6,9-10,13-15H2. The molecule has 26 heavy (non-hydrogen) atoms. The number of amides is 1. The monoisotopic (exact) mass is 367 g/mol. The number of carbonyl (C=O) groups is 1. The maximum absolute atomic E-state index is 12.1. The van der Waals surface area contributed by atoms with E-state index < -0.39 is 0 Å². The predicted molar refractivity (Wildman–Crippen MR) is 107 cm³/mol. The molecule has 2 fully saturated rings. The van der Waals surface area contributed by atoms with Gasteiger partial charge in [-0.15, -0.1) is 0 Å². The number of hydrogen-bond donors (Lipinski definition) is 0. The third-order valence-electron chi connectivity index (χ3n) is 5.97. The second kappa shape index (κ2) is 7.84. The molecule has 1 saturated carbocycles. The minimum Gasteiger partial charge on any atom is -0.340 e. The molecule has 1 aliphatic heterocycles. The third-order valence-corrected chi connectivity index (χ3v) is 6.33. The fraction of sp³-hybridized carbons (Fsp3) is 0.435. The minimum absolute atomic E-state index is 0.362. The highest BCUT2D eigenvalue weighted by Gasteiger charge is 2.32. The summed E-state index contributed by atoms with van der Waals surface area (Å²) in [5.74, 6) is 0.989. The molecule has 2 aromatic carbocycles. The Morgan fingerprint density at radius 2 is 1.85 bits per heavy atom. The van der Waals surface area contributed by atoms with Crippen molar-refractivity contribution in [2.75, 3.05) is 6.54 Å². The fourth-order valence-corrected chi connectivity index (χ4v) is 4.88. The molecule has 1 aliphatic carbocycles. The molecule has 0 radical (unpaired) electrons. The van der Waals surface area contributed by atoms with Crippen LogP contribution in [0.4, 0.5) is 0 Å². The van der Waals surface area contributed by atoms with Gasteiger partial charge >= 0.3 is 0 Å². The van der Waals surface area contributed by atoms with Gasteiger partial charge in [0.15, 0.2) is 0 Å². The molecule has 4 rings (SSSR count). The fourth-order valence-electron chi connectivity index (χ4n) is 4.62. The number of rotatable bonds is 4. The molecule has 1 heterocycles. The maximum atomic E-state index is 12.1. The van der Waals surface area contributed by atoms with Gasteiger partial charge in [-0.1, -0.05) is 60.5 Å². The van der Waals surface area contributed by atoms with Gasteiger partial charge in [-0.05, 0) is 60.8 Å². The van der Waals surface area contributed by atoms with Crippen molar-refractivity contribution >= 4 is 17.5 Å². The number of benzene rings is 2. The van der Waals surface area contributed by atoms with Gasteiger partial charge in [0.05, 0.1) is 0 Å². The van der Waals surface area contributed by atoms with E-state index in [9.17, 15) is 4.79 Å². The van der Waals surface area contributed by atoms with Crippen molar-refractivity contribution in [3.05, 3.63) is 59.1 Å². The maximum Gasteiger partial charge on any atom is 0.222 e. The van der Waals surface area contributed by atoms with Gasteiger partial charge in [-0.3, -0.25) is 4.79 Å². The molecule has 1 amide bonds. The van der Waals surface area contributed by atoms with Crippen LogP contribution in [0.1, 0.15) is 44.1 Å². The first kappa shape index (κ1) is 17.6. The lowest BCUT2D eigenvalue weighted by Crippen LogP contribution is -2.39. The van der Waals surface area contributed by atoms with E-state index in [1.165, 1.54) is 36.0 Å². The summed E-state index contributed by atoms with van der Waals surface area (Å²) in [7, 11) is 0. The highest BCUT2D eigenvalue weighted by atomic mass is 35.5. The molecule has 0 spiro atoms. The molecular formula is C23H26ClNO. The summed E-state index contributed by atoms with van der Waals surface area (Å²) in [6, 6.07) is 17.3. The van der Waals surface area contributed by atoms with Crippen LogP contribution in [0.2, 0.25) is 5.02 Å². The first-order chi connectivity index (χ1) is 12.7. The van der Waals surface area contributed by atoms with E-state index in [2.05, 4.69) is 47.4 Å². The molecule has 3 heteroatoms. The van der Waals surface area contributed by atoms with Crippen LogP contribution in [0.25, 0.3) is 11.1 Å². The van der Waals surface area contributed by atoms with E-state index in [1.807, 2.05) is 6.07 Å². The van der Waals surface area contributed by atoms with E-state index in [0.717, 1.165) is 37.3 Å². The molecule has 0 N–H and O–H groups in total. The summed E-state index contributed by atoms with van der Waals surface area (Å²) >= 11 is 6.62. The number of halogens is 1. The van der Waals surface area contributed by atoms with Crippen LogP contribution >= 0.6 is 11.6 Å². The molecule has 2 atom stereocenters. The van der Waals surface area contributed by atoms with Crippen molar-refractivity contribution in [3.63, 3.8) is 0 Å². The van der Waals surface area contributed by atoms with Gasteiger partial charge in [0.1, 0.15) is 0 Å². The van der Waals surface area contributed by atoms with Crippen LogP contribution in [-0.4, -0.2) is 23.4 Å². The minimum atomic E-state index is 0.362. The zero-order valence-corrected chi connectivity index (χ0v) is 15.9. The Morgan fingerprint density at radius 1 is 1.00 bits per heavy atom. The lowest BCUT2D eigenvalue weighted by atomic mass is 9.81. The smallest absolute Gasteiger partial charge is 0.222 e. The van der Waals surface area contributed by atoms with Crippen molar-refractivity contribution in [3.8, 4) is 11.1 Å². The summed E-state index contributed by atoms with van der Waals surface area (Å²) in [6.45, 7) is 0.961. The second-order valence-corrected chi connectivity index (χ2v) is 8.16. The zero-order valence-electron chi connectivity index (χ0n) is 15.2. The van der Waals surface area contributed by atoms with Gasteiger partial charge < -0.3 is 4.90 Å². The van der Waals surface area contributed by atoms with Crippen LogP contribution in [0.5, 0.6) is 0 Å². The summed E-state index contributed by atoms with van der Waals surface area (Å²) in [5.41, 5.74) is 3.61. The van der Waals surface area contributed by atoms with Crippen molar-refractivity contribution < 1.29 is 4.79 Å². The summed E-state index contributed by atoms with van der Waals surface area (Å²) in [6.07, 6.45) is 7.56. The Bertz CT molecular complexity index is 773. The molecule has 136 valence electrons. The van der Waals surface area contributed by atoms with Gasteiger partial charge in [0.2, 0.25) is 5.91 Å². The Kier molecular flexibility index (Phi) is 5.31. The van der Waals surface area contributed by atoms with Crippen LogP contribution in [0.3, 0.4) is 0 Å². The molecule has 2 nitrogen and oxygen atoms in total. The number of hydrogen-bond acceptors (Lipinski definition) is 1. The molecule has 2 unspecified atom stereocenters. The van der Waals surface area contributed by atoms with Crippen molar-refractivity contribution in [1.29, 1.82) is 0 Å². The van der Waals surface area contributed by atoms with Crippen LogP contribution in [0, 0.1) is 5.92 Å². The Balaban J connectivity index is 1.44. The van der Waals surface area contributed by atoms with Crippen LogP contribution in [-0.2, 0) is 11.2 Å². The highest BCUT2D eigenvalue weighted by molar-refractivity contribution is 6.31. The van der Waals surface area contributed by atoms with E-state index in [-0.39, 0.29) is 0 Å². The predicted octanol–water partition coefficient (Wildman–Crippen LogP) is 5.73. The van der Waals surface area contributed by atoms with Crippen LogP contribution in [0.15, 0.2) is 48.5 Å². The SMILES string of the molecule is O=C1CCCN1C1CCCC(Cc2ccc(-c3ccccc3)cc2Cl)C1. The topological polar surface area (TPSA) is 20.3 Å². The van der Waals surface area contributed by atoms with Gasteiger partial charge in [0, 0.05) is 24.0 Å². The summed E-state index contributed by atoms with van der Waals surface area (Å²) < 4.78 is 0. The second-order valence-electron chi connectivity index (χ2n) is 7.75. The lowest BCUT2D eigenvalue weighted by molar-refractivity contribution is -0.130. The van der Waals surface area contributed by atoms with Gasteiger partial charge in [-0.2, -0.15) is 0 Å². The van der Waals surface area contributed by atoms with Crippen molar-refractivity contribution in [1.82, 2.24) is 4.90 Å². The number of likely N-dealkylation sites (tertiary alicyclic amines) is 1. The number of carbonyl (C=O) groups excluding carboxylic acids is 1. The quantitative estimate of drug-likeness (QED) is 0.675. The first-order valence-corrected chi connectivity index (χ1v) is 10.2. The third kappa shape index (κ3) is 3.81. The van der Waals surface area contributed by atoms with E-state index >= 15 is 0 Å². The Hall–Kier alpha value is -1.80. The molecule has 0 aromatic heterocycles. The molecule has 2 aliphatic rings. The first-order valence-electron chi connectivity index (χ1n) is 9.84. The molecule has 0 bridgehead atoms. The van der Waals surface area contributed by atoms with E-state index in [4.69, 9.17) is 11.6 Å². The largest absolute Gasteiger partial charge is 0.340 e. The lowest BCUT2D eigenvalue weighted by Gasteiger charge is -2.35. The average Bonchev–Trinajstić information content (AvgIpc) is 3.10. The van der Waals surface area contributed by atoms with E-state index in [1.54, 1.807) is 0 Å². The van der Waals surface area contributed by atoms with E-state index in [0.29, 0.717) is 17.9 Å². The average molecular weight is 368 g/mol. The van der Waals surface area contributed by atoms with Gasteiger partial charge in [-0.25, -0.2) is 0 Å². The summed E-state index contributed by atoms with van der Waals surface area (Å²) in [4.78, 5) is 14.2. The van der Waals surface area contributed by atoms with Crippen molar-refractivity contribution in [2.45, 2.75) is 51.0 Å². The van der Waals surface area contributed by atoms with Gasteiger partial charge in [0.25, 0.3) is 0 Å². The highest BCUT2D eigenvalue weighted by Crippen LogP contribution is 2.34.